The predicted octanol–water partition coefficient (Wildman–Crippen LogP) is 4.34. The summed E-state index contributed by atoms with van der Waals surface area (Å²) in [6.07, 6.45) is 7.96. The summed E-state index contributed by atoms with van der Waals surface area (Å²) >= 11 is 1.28. The molecule has 0 radical (unpaired) electrons. The zero-order valence-electron chi connectivity index (χ0n) is 13.1. The van der Waals surface area contributed by atoms with Crippen LogP contribution >= 0.6 is 11.8 Å². The van der Waals surface area contributed by atoms with Gasteiger partial charge in [-0.3, -0.25) is 4.79 Å². The molecule has 1 aliphatic rings. The molecule has 1 fully saturated rings. The van der Waals surface area contributed by atoms with Crippen molar-refractivity contribution < 1.29 is 9.52 Å². The minimum Gasteiger partial charge on any atom is -0.618 e. The van der Waals surface area contributed by atoms with E-state index in [9.17, 15) is 10.0 Å². The molecule has 0 spiro atoms. The van der Waals surface area contributed by atoms with E-state index in [1.165, 1.54) is 55.6 Å². The standard InChI is InChI=1S/C19H21NO2S/c21-18(14-23-19-8-4-5-13-20(19)22)17-11-9-16(10-12-17)15-6-2-1-3-7-15/h4-5,8-13,15H,1-3,6-7,14H2. The Morgan fingerprint density at radius 3 is 2.52 bits per heavy atom. The molecule has 0 atom stereocenters. The van der Waals surface area contributed by atoms with E-state index in [4.69, 9.17) is 0 Å². The van der Waals surface area contributed by atoms with Crippen molar-refractivity contribution in [1.82, 2.24) is 0 Å². The zero-order valence-corrected chi connectivity index (χ0v) is 13.9. The molecule has 2 aromatic rings. The monoisotopic (exact) mass is 327 g/mol. The van der Waals surface area contributed by atoms with Crippen LogP contribution in [0.3, 0.4) is 0 Å². The van der Waals surface area contributed by atoms with Crippen LogP contribution in [-0.4, -0.2) is 11.5 Å². The van der Waals surface area contributed by atoms with Gasteiger partial charge in [0.1, 0.15) is 0 Å². The summed E-state index contributed by atoms with van der Waals surface area (Å²) in [6.45, 7) is 0. The summed E-state index contributed by atoms with van der Waals surface area (Å²) < 4.78 is 0.796. The molecule has 0 amide bonds. The molecule has 0 N–H and O–H groups in total. The van der Waals surface area contributed by atoms with Crippen LogP contribution in [-0.2, 0) is 0 Å². The normalized spacial score (nSPS) is 15.5. The van der Waals surface area contributed by atoms with Gasteiger partial charge < -0.3 is 5.21 Å². The Morgan fingerprint density at radius 2 is 1.83 bits per heavy atom. The fourth-order valence-corrected chi connectivity index (χ4v) is 3.93. The molecule has 1 aromatic heterocycles. The lowest BCUT2D eigenvalue weighted by molar-refractivity contribution is -0.645. The lowest BCUT2D eigenvalue weighted by atomic mass is 9.84. The first-order valence-corrected chi connectivity index (χ1v) is 9.17. The summed E-state index contributed by atoms with van der Waals surface area (Å²) in [5.74, 6) is 1.01. The fourth-order valence-electron chi connectivity index (χ4n) is 3.12. The highest BCUT2D eigenvalue weighted by molar-refractivity contribution is 7.99. The van der Waals surface area contributed by atoms with Gasteiger partial charge >= 0.3 is 0 Å². The topological polar surface area (TPSA) is 44.0 Å². The van der Waals surface area contributed by atoms with Crippen LogP contribution in [0, 0.1) is 5.21 Å². The van der Waals surface area contributed by atoms with Crippen molar-refractivity contribution in [3.63, 3.8) is 0 Å². The third-order valence-corrected chi connectivity index (χ3v) is 5.47. The number of Topliss-reactive ketones (excluding diaryl/α,β-unsaturated/α-hetero) is 1. The molecule has 3 nitrogen and oxygen atoms in total. The van der Waals surface area contributed by atoms with Gasteiger partial charge in [0.2, 0.25) is 0 Å². The van der Waals surface area contributed by atoms with E-state index in [1.54, 1.807) is 18.2 Å². The Morgan fingerprint density at radius 1 is 1.09 bits per heavy atom. The third-order valence-electron chi connectivity index (χ3n) is 4.45. The number of hydrogen-bond acceptors (Lipinski definition) is 3. The van der Waals surface area contributed by atoms with Gasteiger partial charge in [-0.25, -0.2) is 0 Å². The lowest BCUT2D eigenvalue weighted by Gasteiger charge is -2.22. The van der Waals surface area contributed by atoms with Gasteiger partial charge in [0.15, 0.2) is 12.0 Å². The maximum atomic E-state index is 12.3. The number of pyridine rings is 1. The van der Waals surface area contributed by atoms with Crippen LogP contribution in [0.2, 0.25) is 0 Å². The van der Waals surface area contributed by atoms with E-state index in [-0.39, 0.29) is 11.5 Å². The molecule has 120 valence electrons. The van der Waals surface area contributed by atoms with E-state index in [1.807, 2.05) is 12.1 Å². The van der Waals surface area contributed by atoms with Crippen molar-refractivity contribution in [3.8, 4) is 0 Å². The summed E-state index contributed by atoms with van der Waals surface area (Å²) in [5.41, 5.74) is 2.08. The number of ketones is 1. The molecule has 4 heteroatoms. The van der Waals surface area contributed by atoms with Crippen molar-refractivity contribution >= 4 is 17.5 Å². The number of rotatable bonds is 5. The van der Waals surface area contributed by atoms with E-state index in [0.29, 0.717) is 10.9 Å². The first-order chi connectivity index (χ1) is 11.2. The maximum Gasteiger partial charge on any atom is 0.251 e. The summed E-state index contributed by atoms with van der Waals surface area (Å²) in [6, 6.07) is 13.3. The first kappa shape index (κ1) is 16.1. The van der Waals surface area contributed by atoms with Gasteiger partial charge in [0, 0.05) is 17.7 Å². The van der Waals surface area contributed by atoms with Crippen molar-refractivity contribution in [1.29, 1.82) is 0 Å². The Hall–Kier alpha value is -1.81. The summed E-state index contributed by atoms with van der Waals surface area (Å²) in [5, 5.41) is 12.1. The quantitative estimate of drug-likeness (QED) is 0.355. The number of carbonyl (C=O) groups is 1. The van der Waals surface area contributed by atoms with Gasteiger partial charge in [0.25, 0.3) is 5.03 Å². The molecule has 0 unspecified atom stereocenters. The van der Waals surface area contributed by atoms with Gasteiger partial charge in [0.05, 0.1) is 5.75 Å². The molecule has 0 bridgehead atoms. The fraction of sp³-hybridized carbons (Fsp3) is 0.368. The molecular formula is C19H21NO2S. The van der Waals surface area contributed by atoms with Crippen LogP contribution in [0.15, 0.2) is 53.7 Å². The largest absolute Gasteiger partial charge is 0.618 e. The molecule has 1 aromatic carbocycles. The Balaban J connectivity index is 1.60. The molecule has 23 heavy (non-hydrogen) atoms. The van der Waals surface area contributed by atoms with Gasteiger partial charge in [-0.15, -0.1) is 0 Å². The molecule has 3 rings (SSSR count). The highest BCUT2D eigenvalue weighted by atomic mass is 32.2. The smallest absolute Gasteiger partial charge is 0.251 e. The van der Waals surface area contributed by atoms with E-state index in [0.717, 1.165) is 10.3 Å². The van der Waals surface area contributed by atoms with Crippen LogP contribution in [0.5, 0.6) is 0 Å². The Labute approximate surface area is 141 Å². The van der Waals surface area contributed by atoms with Crippen molar-refractivity contribution in [2.75, 3.05) is 5.75 Å². The second kappa shape index (κ2) is 7.64. The number of hydrogen-bond donors (Lipinski definition) is 0. The molecule has 0 aliphatic heterocycles. The summed E-state index contributed by atoms with van der Waals surface area (Å²) in [4.78, 5) is 12.3. The number of thioether (sulfide) groups is 1. The second-order valence-electron chi connectivity index (χ2n) is 6.03. The van der Waals surface area contributed by atoms with E-state index in [2.05, 4.69) is 12.1 Å². The van der Waals surface area contributed by atoms with Gasteiger partial charge in [-0.05, 0) is 42.2 Å². The van der Waals surface area contributed by atoms with Gasteiger partial charge in [-0.2, -0.15) is 4.73 Å². The number of benzene rings is 1. The van der Waals surface area contributed by atoms with Crippen molar-refractivity contribution in [2.45, 2.75) is 43.0 Å². The number of nitrogens with zero attached hydrogens (tertiary/aromatic N) is 1. The zero-order chi connectivity index (χ0) is 16.1. The predicted molar refractivity (Wildman–Crippen MR) is 92.7 cm³/mol. The summed E-state index contributed by atoms with van der Waals surface area (Å²) in [7, 11) is 0. The maximum absolute atomic E-state index is 12.3. The Bertz CT molecular complexity index is 663. The van der Waals surface area contributed by atoms with Gasteiger partial charge in [-0.1, -0.05) is 43.5 Å². The van der Waals surface area contributed by atoms with Crippen molar-refractivity contribution in [3.05, 3.63) is 65.0 Å². The third kappa shape index (κ3) is 4.14. The number of aromatic nitrogens is 1. The number of carbonyl (C=O) groups excluding carboxylic acids is 1. The van der Waals surface area contributed by atoms with Crippen LogP contribution in [0.1, 0.15) is 53.9 Å². The lowest BCUT2D eigenvalue weighted by Crippen LogP contribution is -2.28. The minimum absolute atomic E-state index is 0.0639. The van der Waals surface area contributed by atoms with Crippen LogP contribution in [0.4, 0.5) is 0 Å². The molecule has 0 saturated heterocycles. The highest BCUT2D eigenvalue weighted by Crippen LogP contribution is 2.32. The Kier molecular flexibility index (Phi) is 5.34. The highest BCUT2D eigenvalue weighted by Gasteiger charge is 2.16. The average molecular weight is 327 g/mol. The van der Waals surface area contributed by atoms with E-state index < -0.39 is 0 Å². The van der Waals surface area contributed by atoms with Crippen molar-refractivity contribution in [2.24, 2.45) is 0 Å². The van der Waals surface area contributed by atoms with Crippen LogP contribution < -0.4 is 4.73 Å². The molecular weight excluding hydrogens is 306 g/mol. The molecule has 1 aliphatic carbocycles. The van der Waals surface area contributed by atoms with E-state index >= 15 is 0 Å². The average Bonchev–Trinajstić information content (AvgIpc) is 2.62. The first-order valence-electron chi connectivity index (χ1n) is 8.18. The minimum atomic E-state index is 0.0639. The van der Waals surface area contributed by atoms with Crippen LogP contribution in [0.25, 0.3) is 0 Å². The second-order valence-corrected chi connectivity index (χ2v) is 7.03. The SMILES string of the molecule is O=C(CSc1cccc[n+]1[O-])c1ccc(C2CCCCC2)cc1. The molecule has 1 heterocycles. The molecule has 1 saturated carbocycles.